The smallest absolute Gasteiger partial charge is 0.274 e. The van der Waals surface area contributed by atoms with Crippen LogP contribution in [0.4, 0.5) is 11.5 Å². The van der Waals surface area contributed by atoms with Crippen molar-refractivity contribution < 1.29 is 4.79 Å². The van der Waals surface area contributed by atoms with E-state index < -0.39 is 0 Å². The number of aromatic nitrogens is 2. The third-order valence-corrected chi connectivity index (χ3v) is 6.45. The van der Waals surface area contributed by atoms with Crippen molar-refractivity contribution in [1.29, 1.82) is 0 Å². The molecule has 0 radical (unpaired) electrons. The highest BCUT2D eigenvalue weighted by molar-refractivity contribution is 5.92. The van der Waals surface area contributed by atoms with Gasteiger partial charge in [0.2, 0.25) is 0 Å². The molecule has 2 aromatic rings. The van der Waals surface area contributed by atoms with Gasteiger partial charge in [-0.2, -0.15) is 0 Å². The largest absolute Gasteiger partial charge is 0.368 e. The fraction of sp³-hybridized carbons (Fsp3) is 0.522. The number of piperidine rings is 1. The number of amides is 1. The van der Waals surface area contributed by atoms with Crippen LogP contribution in [-0.4, -0.2) is 60.0 Å². The summed E-state index contributed by atoms with van der Waals surface area (Å²) in [6.07, 6.45) is 5.55. The second-order valence-electron chi connectivity index (χ2n) is 8.43. The number of carbonyl (C=O) groups excluding carboxylic acids is 1. The van der Waals surface area contributed by atoms with Crippen molar-refractivity contribution in [3.63, 3.8) is 0 Å². The lowest BCUT2D eigenvalue weighted by Crippen LogP contribution is -2.47. The summed E-state index contributed by atoms with van der Waals surface area (Å²) < 4.78 is 0. The van der Waals surface area contributed by atoms with Gasteiger partial charge in [0.05, 0.1) is 12.4 Å². The highest BCUT2D eigenvalue weighted by atomic mass is 16.2. The van der Waals surface area contributed by atoms with E-state index in [0.717, 1.165) is 57.9 Å². The Morgan fingerprint density at radius 3 is 2.28 bits per heavy atom. The van der Waals surface area contributed by atoms with Crippen LogP contribution in [-0.2, 0) is 0 Å². The molecule has 0 saturated carbocycles. The molecular weight excluding hydrogens is 362 g/mol. The van der Waals surface area contributed by atoms with Crippen LogP contribution in [0.1, 0.15) is 41.4 Å². The van der Waals surface area contributed by atoms with Gasteiger partial charge in [0.15, 0.2) is 0 Å². The van der Waals surface area contributed by atoms with Gasteiger partial charge in [-0.1, -0.05) is 19.1 Å². The number of piperazine rings is 1. The van der Waals surface area contributed by atoms with E-state index in [0.29, 0.717) is 11.6 Å². The number of nitrogens with zero attached hydrogens (tertiary/aromatic N) is 5. The van der Waals surface area contributed by atoms with Gasteiger partial charge in [0, 0.05) is 45.0 Å². The zero-order valence-electron chi connectivity index (χ0n) is 17.8. The van der Waals surface area contributed by atoms with E-state index in [-0.39, 0.29) is 5.91 Å². The summed E-state index contributed by atoms with van der Waals surface area (Å²) in [7, 11) is 0. The maximum atomic E-state index is 12.7. The molecule has 29 heavy (non-hydrogen) atoms. The van der Waals surface area contributed by atoms with Crippen LogP contribution in [0.5, 0.6) is 0 Å². The first-order valence-electron chi connectivity index (χ1n) is 10.7. The van der Waals surface area contributed by atoms with Gasteiger partial charge in [0.25, 0.3) is 5.91 Å². The van der Waals surface area contributed by atoms with Crippen molar-refractivity contribution in [2.75, 3.05) is 49.1 Å². The molecule has 0 unspecified atom stereocenters. The molecule has 0 aliphatic carbocycles. The Balaban J connectivity index is 1.37. The molecule has 2 fully saturated rings. The predicted octanol–water partition coefficient (Wildman–Crippen LogP) is 3.29. The Bertz CT molecular complexity index is 850. The Kier molecular flexibility index (Phi) is 5.69. The molecule has 2 aliphatic rings. The first-order chi connectivity index (χ1) is 14.0. The normalized spacial score (nSPS) is 18.2. The summed E-state index contributed by atoms with van der Waals surface area (Å²) in [5, 5.41) is 0. The number of hydrogen-bond donors (Lipinski definition) is 0. The third-order valence-electron chi connectivity index (χ3n) is 6.45. The van der Waals surface area contributed by atoms with Gasteiger partial charge in [-0.25, -0.2) is 9.97 Å². The van der Waals surface area contributed by atoms with E-state index in [1.54, 1.807) is 12.4 Å². The molecule has 6 nitrogen and oxygen atoms in total. The van der Waals surface area contributed by atoms with Crippen LogP contribution < -0.4 is 9.80 Å². The number of benzene rings is 1. The summed E-state index contributed by atoms with van der Waals surface area (Å²) >= 11 is 0. The minimum Gasteiger partial charge on any atom is -0.368 e. The molecule has 0 bridgehead atoms. The molecular formula is C23H31N5O. The minimum atomic E-state index is 0.00990. The van der Waals surface area contributed by atoms with Gasteiger partial charge in [-0.15, -0.1) is 0 Å². The quantitative estimate of drug-likeness (QED) is 0.801. The maximum absolute atomic E-state index is 12.7. The summed E-state index contributed by atoms with van der Waals surface area (Å²) in [4.78, 5) is 28.3. The zero-order chi connectivity index (χ0) is 20.4. The molecule has 154 valence electrons. The summed E-state index contributed by atoms with van der Waals surface area (Å²) in [5.41, 5.74) is 4.47. The number of hydrogen-bond acceptors (Lipinski definition) is 5. The van der Waals surface area contributed by atoms with Crippen molar-refractivity contribution in [2.24, 2.45) is 5.92 Å². The Hall–Kier alpha value is -2.63. The standard InChI is InChI=1S/C23H31N5O/c1-17-7-9-28(10-8-17)23(29)20-15-25-22(16-24-20)27-13-11-26(12-14-27)21-6-4-5-18(2)19(21)3/h4-6,15-17H,7-14H2,1-3H3. The van der Waals surface area contributed by atoms with Crippen LogP contribution in [0.25, 0.3) is 0 Å². The first-order valence-corrected chi connectivity index (χ1v) is 10.7. The highest BCUT2D eigenvalue weighted by Gasteiger charge is 2.24. The van der Waals surface area contributed by atoms with Gasteiger partial charge in [0.1, 0.15) is 11.5 Å². The topological polar surface area (TPSA) is 52.6 Å². The summed E-state index contributed by atoms with van der Waals surface area (Å²) in [6.45, 7) is 12.0. The lowest BCUT2D eigenvalue weighted by atomic mass is 9.99. The molecule has 4 rings (SSSR count). The second-order valence-corrected chi connectivity index (χ2v) is 8.43. The number of carbonyl (C=O) groups is 1. The monoisotopic (exact) mass is 393 g/mol. The molecule has 6 heteroatoms. The second kappa shape index (κ2) is 8.39. The van der Waals surface area contributed by atoms with Gasteiger partial charge >= 0.3 is 0 Å². The predicted molar refractivity (Wildman–Crippen MR) is 117 cm³/mol. The molecule has 0 atom stereocenters. The van der Waals surface area contributed by atoms with Crippen molar-refractivity contribution >= 4 is 17.4 Å². The molecule has 1 amide bonds. The number of rotatable bonds is 3. The number of anilines is 2. The fourth-order valence-corrected chi connectivity index (χ4v) is 4.22. The van der Waals surface area contributed by atoms with Crippen LogP contribution in [0, 0.1) is 19.8 Å². The molecule has 1 aromatic heterocycles. The first kappa shape index (κ1) is 19.7. The van der Waals surface area contributed by atoms with Crippen molar-refractivity contribution in [1.82, 2.24) is 14.9 Å². The van der Waals surface area contributed by atoms with E-state index in [1.807, 2.05) is 4.90 Å². The van der Waals surface area contributed by atoms with E-state index >= 15 is 0 Å². The van der Waals surface area contributed by atoms with E-state index in [9.17, 15) is 4.79 Å². The highest BCUT2D eigenvalue weighted by Crippen LogP contribution is 2.25. The lowest BCUT2D eigenvalue weighted by Gasteiger charge is -2.37. The van der Waals surface area contributed by atoms with E-state index in [2.05, 4.69) is 58.7 Å². The Morgan fingerprint density at radius 2 is 1.62 bits per heavy atom. The van der Waals surface area contributed by atoms with Crippen LogP contribution in [0.2, 0.25) is 0 Å². The van der Waals surface area contributed by atoms with Crippen LogP contribution >= 0.6 is 0 Å². The summed E-state index contributed by atoms with van der Waals surface area (Å²) in [5.74, 6) is 1.57. The van der Waals surface area contributed by atoms with Crippen molar-refractivity contribution in [2.45, 2.75) is 33.6 Å². The van der Waals surface area contributed by atoms with Crippen LogP contribution in [0.15, 0.2) is 30.6 Å². The molecule has 1 aromatic carbocycles. The van der Waals surface area contributed by atoms with Gasteiger partial charge in [-0.05, 0) is 49.8 Å². The molecule has 0 spiro atoms. The molecule has 3 heterocycles. The minimum absolute atomic E-state index is 0.00990. The number of likely N-dealkylation sites (tertiary alicyclic amines) is 1. The molecule has 2 aliphatic heterocycles. The van der Waals surface area contributed by atoms with Crippen molar-refractivity contribution in [3.05, 3.63) is 47.4 Å². The van der Waals surface area contributed by atoms with E-state index in [4.69, 9.17) is 0 Å². The summed E-state index contributed by atoms with van der Waals surface area (Å²) in [6, 6.07) is 6.51. The van der Waals surface area contributed by atoms with Crippen molar-refractivity contribution in [3.8, 4) is 0 Å². The average Bonchev–Trinajstić information content (AvgIpc) is 2.76. The fourth-order valence-electron chi connectivity index (χ4n) is 4.22. The molecule has 2 saturated heterocycles. The number of aryl methyl sites for hydroxylation is 1. The Labute approximate surface area is 173 Å². The zero-order valence-corrected chi connectivity index (χ0v) is 17.8. The maximum Gasteiger partial charge on any atom is 0.274 e. The van der Waals surface area contributed by atoms with Gasteiger partial charge in [-0.3, -0.25) is 4.79 Å². The lowest BCUT2D eigenvalue weighted by molar-refractivity contribution is 0.0691. The average molecular weight is 394 g/mol. The van der Waals surface area contributed by atoms with Crippen LogP contribution in [0.3, 0.4) is 0 Å². The SMILES string of the molecule is Cc1cccc(N2CCN(c3cnc(C(=O)N4CCC(C)CC4)cn3)CC2)c1C. The molecule has 0 N–H and O–H groups in total. The van der Waals surface area contributed by atoms with E-state index in [1.165, 1.54) is 16.8 Å². The Morgan fingerprint density at radius 1 is 0.931 bits per heavy atom. The van der Waals surface area contributed by atoms with Gasteiger partial charge < -0.3 is 14.7 Å². The third kappa shape index (κ3) is 4.21.